The zero-order chi connectivity index (χ0) is 30.9. The lowest BCUT2D eigenvalue weighted by molar-refractivity contribution is -0.137. The molecule has 0 aliphatic rings. The van der Waals surface area contributed by atoms with Crippen LogP contribution in [0.2, 0.25) is 28.2 Å². The highest BCUT2D eigenvalue weighted by Gasteiger charge is 2.38. The molecule has 0 radical (unpaired) electrons. The first-order valence-electron chi connectivity index (χ1n) is 13.7. The third-order valence-corrected chi connectivity index (χ3v) is 13.6. The van der Waals surface area contributed by atoms with Crippen LogP contribution in [-0.2, 0) is 19.0 Å². The van der Waals surface area contributed by atoms with Gasteiger partial charge in [0, 0.05) is 20.2 Å². The Balaban J connectivity index is 1.63. The van der Waals surface area contributed by atoms with Crippen molar-refractivity contribution in [1.29, 1.82) is 0 Å². The maximum atomic E-state index is 13.0. The van der Waals surface area contributed by atoms with Crippen molar-refractivity contribution in [2.24, 2.45) is 0 Å². The van der Waals surface area contributed by atoms with E-state index >= 15 is 0 Å². The molecule has 1 atom stereocenters. The van der Waals surface area contributed by atoms with Gasteiger partial charge in [-0.3, -0.25) is 0 Å². The summed E-state index contributed by atoms with van der Waals surface area (Å²) < 4.78 is 39.0. The SMILES string of the molecule is Cc1cc(SC(Cc2c(Cl)cccc2Cl)c2ccc(-c3ccc(C(F)(F)F)cc3)cc2)ccc1CC(C)(C)[Si](C)(C)O. The van der Waals surface area contributed by atoms with Gasteiger partial charge in [0.1, 0.15) is 0 Å². The van der Waals surface area contributed by atoms with Crippen molar-refractivity contribution < 1.29 is 18.0 Å². The fraction of sp³-hybridized carbons (Fsp3) is 0.294. The third-order valence-electron chi connectivity index (χ3n) is 8.16. The second-order valence-electron chi connectivity index (χ2n) is 11.9. The van der Waals surface area contributed by atoms with Crippen molar-refractivity contribution in [3.63, 3.8) is 0 Å². The van der Waals surface area contributed by atoms with E-state index in [0.29, 0.717) is 16.5 Å². The van der Waals surface area contributed by atoms with Gasteiger partial charge in [0.05, 0.1) is 5.56 Å². The van der Waals surface area contributed by atoms with Crippen molar-refractivity contribution in [2.45, 2.75) is 68.1 Å². The predicted molar refractivity (Wildman–Crippen MR) is 174 cm³/mol. The van der Waals surface area contributed by atoms with E-state index in [9.17, 15) is 18.0 Å². The Morgan fingerprint density at radius 1 is 0.833 bits per heavy atom. The number of thioether (sulfide) groups is 1. The van der Waals surface area contributed by atoms with Crippen LogP contribution >= 0.6 is 35.0 Å². The molecule has 0 bridgehead atoms. The van der Waals surface area contributed by atoms with Gasteiger partial charge >= 0.3 is 6.18 Å². The zero-order valence-corrected chi connectivity index (χ0v) is 27.6. The molecule has 42 heavy (non-hydrogen) atoms. The predicted octanol–water partition coefficient (Wildman–Crippen LogP) is 11.6. The van der Waals surface area contributed by atoms with Crippen molar-refractivity contribution in [1.82, 2.24) is 0 Å². The van der Waals surface area contributed by atoms with Crippen molar-refractivity contribution >= 4 is 43.3 Å². The van der Waals surface area contributed by atoms with E-state index in [0.717, 1.165) is 45.7 Å². The molecule has 0 aromatic heterocycles. The summed E-state index contributed by atoms with van der Waals surface area (Å²) in [7, 11) is -2.35. The van der Waals surface area contributed by atoms with Gasteiger partial charge in [0.25, 0.3) is 0 Å². The van der Waals surface area contributed by atoms with E-state index in [1.165, 1.54) is 23.3 Å². The highest BCUT2D eigenvalue weighted by atomic mass is 35.5. The summed E-state index contributed by atoms with van der Waals surface area (Å²) in [4.78, 5) is 11.9. The summed E-state index contributed by atoms with van der Waals surface area (Å²) in [6.07, 6.45) is -2.96. The normalized spacial score (nSPS) is 13.3. The molecule has 1 N–H and O–H groups in total. The highest BCUT2D eigenvalue weighted by Crippen LogP contribution is 2.43. The molecule has 0 amide bonds. The molecule has 4 rings (SSSR count). The molecule has 0 aliphatic heterocycles. The topological polar surface area (TPSA) is 20.2 Å². The molecule has 0 saturated heterocycles. The van der Waals surface area contributed by atoms with Gasteiger partial charge in [-0.05, 0) is 108 Å². The number of hydrogen-bond acceptors (Lipinski definition) is 2. The van der Waals surface area contributed by atoms with Gasteiger partial charge in [-0.25, -0.2) is 0 Å². The average molecular weight is 648 g/mol. The van der Waals surface area contributed by atoms with Crippen molar-refractivity contribution in [3.05, 3.63) is 123 Å². The maximum absolute atomic E-state index is 13.0. The largest absolute Gasteiger partial charge is 0.432 e. The Labute approximate surface area is 262 Å². The number of aryl methyl sites for hydroxylation is 1. The molecule has 0 spiro atoms. The number of benzene rings is 4. The molecule has 8 heteroatoms. The van der Waals surface area contributed by atoms with Crippen LogP contribution in [0.25, 0.3) is 11.1 Å². The van der Waals surface area contributed by atoms with Gasteiger partial charge in [-0.2, -0.15) is 13.2 Å². The number of rotatable bonds is 9. The molecule has 4 aromatic carbocycles. The van der Waals surface area contributed by atoms with Gasteiger partial charge in [-0.1, -0.05) is 85.6 Å². The van der Waals surface area contributed by atoms with Crippen LogP contribution in [0.5, 0.6) is 0 Å². The minimum absolute atomic E-state index is 0.0190. The first-order valence-corrected chi connectivity index (χ1v) is 18.3. The molecular formula is C34H35Cl2F3OSSi. The van der Waals surface area contributed by atoms with Crippen LogP contribution in [0, 0.1) is 6.92 Å². The van der Waals surface area contributed by atoms with Crippen LogP contribution in [0.1, 0.15) is 46.9 Å². The zero-order valence-electron chi connectivity index (χ0n) is 24.3. The average Bonchev–Trinajstić information content (AvgIpc) is 2.91. The smallest absolute Gasteiger partial charge is 0.416 e. The maximum Gasteiger partial charge on any atom is 0.416 e. The standard InChI is InChI=1S/C34H35Cl2F3OSSi/c1-22-19-28(18-15-26(22)21-33(2,3)42(4,5)40)41-32(20-29-30(35)7-6-8-31(29)36)25-11-9-23(10-12-25)24-13-16-27(17-14-24)34(37,38)39/h6-19,32,40H,20-21H2,1-5H3. The monoisotopic (exact) mass is 646 g/mol. The van der Waals surface area contributed by atoms with E-state index in [1.807, 2.05) is 55.6 Å². The number of halogens is 5. The quantitative estimate of drug-likeness (QED) is 0.144. The first-order chi connectivity index (χ1) is 19.5. The lowest BCUT2D eigenvalue weighted by Crippen LogP contribution is -2.40. The molecule has 222 valence electrons. The molecule has 1 unspecified atom stereocenters. The second-order valence-corrected chi connectivity index (χ2v) is 18.5. The van der Waals surface area contributed by atoms with E-state index in [1.54, 1.807) is 11.8 Å². The summed E-state index contributed by atoms with van der Waals surface area (Å²) in [5.74, 6) is 0. The lowest BCUT2D eigenvalue weighted by atomic mass is 9.98. The minimum atomic E-state index is -4.36. The van der Waals surface area contributed by atoms with Crippen LogP contribution in [0.3, 0.4) is 0 Å². The summed E-state index contributed by atoms with van der Waals surface area (Å²) >= 11 is 14.9. The molecule has 0 fully saturated rings. The summed E-state index contributed by atoms with van der Waals surface area (Å²) in [6, 6.07) is 25.1. The third kappa shape index (κ3) is 7.83. The minimum Gasteiger partial charge on any atom is -0.432 e. The molecule has 0 aliphatic carbocycles. The van der Waals surface area contributed by atoms with Gasteiger partial charge < -0.3 is 4.80 Å². The summed E-state index contributed by atoms with van der Waals surface area (Å²) in [5.41, 5.74) is 5.23. The lowest BCUT2D eigenvalue weighted by Gasteiger charge is -2.35. The van der Waals surface area contributed by atoms with Gasteiger partial charge in [0.2, 0.25) is 0 Å². The molecule has 4 aromatic rings. The number of alkyl halides is 3. The molecule has 0 heterocycles. The Bertz CT molecular complexity index is 1510. The molecule has 1 nitrogen and oxygen atoms in total. The van der Waals surface area contributed by atoms with E-state index in [2.05, 4.69) is 39.0 Å². The highest BCUT2D eigenvalue weighted by molar-refractivity contribution is 7.99. The fourth-order valence-corrected chi connectivity index (χ4v) is 7.12. The Kier molecular flexibility index (Phi) is 9.95. The second kappa shape index (κ2) is 12.8. The van der Waals surface area contributed by atoms with Crippen LogP contribution in [-0.4, -0.2) is 13.1 Å². The Morgan fingerprint density at radius 2 is 1.38 bits per heavy atom. The van der Waals surface area contributed by atoms with E-state index in [-0.39, 0.29) is 10.3 Å². The fourth-order valence-electron chi connectivity index (χ4n) is 4.68. The van der Waals surface area contributed by atoms with Crippen LogP contribution < -0.4 is 0 Å². The summed E-state index contributed by atoms with van der Waals surface area (Å²) in [6.45, 7) is 10.4. The first kappa shape index (κ1) is 32.7. The van der Waals surface area contributed by atoms with Gasteiger partial charge in [-0.15, -0.1) is 11.8 Å². The van der Waals surface area contributed by atoms with E-state index in [4.69, 9.17) is 23.2 Å². The van der Waals surface area contributed by atoms with E-state index < -0.39 is 20.1 Å². The Morgan fingerprint density at radius 3 is 1.88 bits per heavy atom. The Hall–Kier alpha value is -2.22. The van der Waals surface area contributed by atoms with Crippen LogP contribution in [0.4, 0.5) is 13.2 Å². The van der Waals surface area contributed by atoms with Crippen molar-refractivity contribution in [2.75, 3.05) is 0 Å². The van der Waals surface area contributed by atoms with Crippen LogP contribution in [0.15, 0.2) is 89.8 Å². The molecular weight excluding hydrogens is 612 g/mol. The van der Waals surface area contributed by atoms with Gasteiger partial charge in [0.15, 0.2) is 8.32 Å². The number of hydrogen-bond donors (Lipinski definition) is 1. The summed E-state index contributed by atoms with van der Waals surface area (Å²) in [5, 5.41) is 1.04. The molecule has 0 saturated carbocycles. The van der Waals surface area contributed by atoms with Crippen molar-refractivity contribution in [3.8, 4) is 11.1 Å².